The highest BCUT2D eigenvalue weighted by molar-refractivity contribution is 7.52. The number of hydrogen-bond donors (Lipinski definition) is 2. The normalized spacial score (nSPS) is 19.7. The van der Waals surface area contributed by atoms with Crippen molar-refractivity contribution < 1.29 is 27.9 Å². The molecule has 0 bridgehead atoms. The number of H-pyrrole nitrogens is 1. The van der Waals surface area contributed by atoms with Crippen LogP contribution in [0.1, 0.15) is 24.3 Å². The molecular formula is C21H23N4O8P. The minimum atomic E-state index is -4.12. The topological polar surface area (TPSA) is 162 Å². The molecule has 1 aliphatic rings. The number of benzene rings is 1. The van der Waals surface area contributed by atoms with E-state index in [1.54, 1.807) is 19.1 Å². The first-order valence-corrected chi connectivity index (χ1v) is 11.6. The van der Waals surface area contributed by atoms with Crippen molar-refractivity contribution in [2.45, 2.75) is 32.2 Å². The van der Waals surface area contributed by atoms with E-state index in [0.29, 0.717) is 11.1 Å². The van der Waals surface area contributed by atoms with Crippen LogP contribution in [0.5, 0.6) is 5.75 Å². The quantitative estimate of drug-likeness (QED) is 0.299. The lowest BCUT2D eigenvalue weighted by Crippen LogP contribution is -2.35. The summed E-state index contributed by atoms with van der Waals surface area (Å²) in [6, 6.07) is 6.76. The number of rotatable bonds is 9. The highest BCUT2D eigenvalue weighted by Crippen LogP contribution is 2.45. The predicted molar refractivity (Wildman–Crippen MR) is 119 cm³/mol. The molecule has 0 amide bonds. The summed E-state index contributed by atoms with van der Waals surface area (Å²) in [5, 5.41) is 11.4. The van der Waals surface area contributed by atoms with Gasteiger partial charge in [-0.2, -0.15) is 10.3 Å². The SMILES string of the molecule is COC(=O)[C@H](C)NP(=O)(OC[C@@H]1C=C[C@H](n2cc(C)c(=O)[nH]c2=O)O1)Oc1ccc(C#N)cc1. The molecule has 1 aromatic heterocycles. The molecule has 0 saturated heterocycles. The Hall–Kier alpha value is -3.49. The molecule has 1 aromatic carbocycles. The summed E-state index contributed by atoms with van der Waals surface area (Å²) in [5.74, 6) is -0.542. The third-order valence-electron chi connectivity index (χ3n) is 4.75. The Labute approximate surface area is 194 Å². The molecule has 2 N–H and O–H groups in total. The van der Waals surface area contributed by atoms with E-state index in [4.69, 9.17) is 19.0 Å². The van der Waals surface area contributed by atoms with E-state index >= 15 is 0 Å². The summed E-state index contributed by atoms with van der Waals surface area (Å²) < 4.78 is 36.0. The first-order valence-electron chi connectivity index (χ1n) is 10.1. The molecule has 4 atom stereocenters. The molecule has 0 aliphatic carbocycles. The van der Waals surface area contributed by atoms with Crippen LogP contribution in [0.25, 0.3) is 0 Å². The van der Waals surface area contributed by atoms with E-state index in [1.807, 2.05) is 6.07 Å². The molecule has 13 heteroatoms. The van der Waals surface area contributed by atoms with E-state index in [-0.39, 0.29) is 12.4 Å². The second-order valence-electron chi connectivity index (χ2n) is 7.32. The van der Waals surface area contributed by atoms with Gasteiger partial charge in [0.25, 0.3) is 5.56 Å². The largest absolute Gasteiger partial charge is 0.468 e. The molecule has 1 aliphatic heterocycles. The Morgan fingerprint density at radius 1 is 1.32 bits per heavy atom. The molecule has 180 valence electrons. The average Bonchev–Trinajstić information content (AvgIpc) is 3.29. The number of hydrogen-bond acceptors (Lipinski definition) is 9. The predicted octanol–water partition coefficient (Wildman–Crippen LogP) is 1.53. The van der Waals surface area contributed by atoms with Crippen LogP contribution in [0.15, 0.2) is 52.2 Å². The maximum atomic E-state index is 13.4. The van der Waals surface area contributed by atoms with Crippen LogP contribution in [0.3, 0.4) is 0 Å². The van der Waals surface area contributed by atoms with E-state index in [1.165, 1.54) is 49.1 Å². The number of carbonyl (C=O) groups is 1. The molecule has 0 radical (unpaired) electrons. The molecule has 0 spiro atoms. The summed E-state index contributed by atoms with van der Waals surface area (Å²) in [6.45, 7) is 2.73. The number of aryl methyl sites for hydroxylation is 1. The average molecular weight is 490 g/mol. The number of methoxy groups -OCH3 is 1. The zero-order valence-corrected chi connectivity index (χ0v) is 19.5. The van der Waals surface area contributed by atoms with Gasteiger partial charge in [-0.1, -0.05) is 6.08 Å². The number of carbonyl (C=O) groups excluding carboxylic acids is 1. The van der Waals surface area contributed by atoms with Crippen LogP contribution in [-0.2, 0) is 23.4 Å². The Kier molecular flexibility index (Phi) is 7.86. The lowest BCUT2D eigenvalue weighted by molar-refractivity contribution is -0.142. The Balaban J connectivity index is 1.72. The van der Waals surface area contributed by atoms with Gasteiger partial charge in [0, 0.05) is 11.8 Å². The van der Waals surface area contributed by atoms with E-state index in [2.05, 4.69) is 14.8 Å². The van der Waals surface area contributed by atoms with E-state index < -0.39 is 43.3 Å². The Bertz CT molecular complexity index is 1280. The van der Waals surface area contributed by atoms with Crippen LogP contribution >= 0.6 is 7.75 Å². The number of aromatic amines is 1. The Morgan fingerprint density at radius 2 is 2.03 bits per heavy atom. The standard InChI is InChI=1S/C21H23N4O8P/c1-13-11-25(21(28)23-19(13)26)18-9-8-17(32-18)12-31-34(29,24-14(2)20(27)30-3)33-16-6-4-15(10-22)5-7-16/h4-9,11,14,17-18H,12H2,1-3H3,(H,24,29)(H,23,26,28)/t14-,17-,18+,34?/m0/s1. The smallest absolute Gasteiger partial charge is 0.459 e. The molecule has 3 rings (SSSR count). The Morgan fingerprint density at radius 3 is 2.68 bits per heavy atom. The van der Waals surface area contributed by atoms with Crippen molar-refractivity contribution in [1.82, 2.24) is 14.6 Å². The summed E-state index contributed by atoms with van der Waals surface area (Å²) >= 11 is 0. The second-order valence-corrected chi connectivity index (χ2v) is 9.02. The van der Waals surface area contributed by atoms with Gasteiger partial charge in [-0.3, -0.25) is 23.7 Å². The van der Waals surface area contributed by atoms with Crippen molar-refractivity contribution in [2.75, 3.05) is 13.7 Å². The maximum absolute atomic E-state index is 13.4. The molecule has 0 saturated carbocycles. The number of esters is 1. The fourth-order valence-electron chi connectivity index (χ4n) is 2.97. The molecular weight excluding hydrogens is 467 g/mol. The molecule has 12 nitrogen and oxygen atoms in total. The second kappa shape index (κ2) is 10.6. The van der Waals surface area contributed by atoms with Gasteiger partial charge < -0.3 is 14.0 Å². The van der Waals surface area contributed by atoms with Crippen molar-refractivity contribution in [3.8, 4) is 11.8 Å². The monoisotopic (exact) mass is 490 g/mol. The molecule has 1 unspecified atom stereocenters. The third kappa shape index (κ3) is 6.09. The summed E-state index contributed by atoms with van der Waals surface area (Å²) in [5.41, 5.74) is -0.426. The lowest BCUT2D eigenvalue weighted by Gasteiger charge is -2.24. The number of nitrogens with one attached hydrogen (secondary N) is 2. The van der Waals surface area contributed by atoms with Crippen LogP contribution in [0.2, 0.25) is 0 Å². The van der Waals surface area contributed by atoms with Crippen molar-refractivity contribution >= 4 is 13.7 Å². The highest BCUT2D eigenvalue weighted by atomic mass is 31.2. The molecule has 2 heterocycles. The van der Waals surface area contributed by atoms with Gasteiger partial charge in [-0.15, -0.1) is 0 Å². The van der Waals surface area contributed by atoms with Gasteiger partial charge in [0.05, 0.1) is 25.3 Å². The number of ether oxygens (including phenoxy) is 2. The molecule has 0 fully saturated rings. The minimum Gasteiger partial charge on any atom is -0.468 e. The van der Waals surface area contributed by atoms with Crippen LogP contribution in [0.4, 0.5) is 0 Å². The van der Waals surface area contributed by atoms with Gasteiger partial charge >= 0.3 is 19.4 Å². The van der Waals surface area contributed by atoms with Gasteiger partial charge in [-0.05, 0) is 44.2 Å². The van der Waals surface area contributed by atoms with E-state index in [9.17, 15) is 18.9 Å². The van der Waals surface area contributed by atoms with Gasteiger partial charge in [0.2, 0.25) is 0 Å². The maximum Gasteiger partial charge on any atom is 0.459 e. The van der Waals surface area contributed by atoms with Gasteiger partial charge in [-0.25, -0.2) is 9.36 Å². The number of nitriles is 1. The molecule has 2 aromatic rings. The molecule has 34 heavy (non-hydrogen) atoms. The first kappa shape index (κ1) is 25.1. The highest BCUT2D eigenvalue weighted by Gasteiger charge is 2.34. The van der Waals surface area contributed by atoms with E-state index in [0.717, 1.165) is 0 Å². The van der Waals surface area contributed by atoms with Crippen LogP contribution < -0.4 is 20.9 Å². The number of nitrogens with zero attached hydrogens (tertiary/aromatic N) is 2. The fraction of sp³-hybridized carbons (Fsp3) is 0.333. The van der Waals surface area contributed by atoms with Gasteiger partial charge in [0.15, 0.2) is 6.23 Å². The number of aromatic nitrogens is 2. The van der Waals surface area contributed by atoms with Crippen molar-refractivity contribution in [3.63, 3.8) is 0 Å². The summed E-state index contributed by atoms with van der Waals surface area (Å²) in [7, 11) is -2.93. The first-order chi connectivity index (χ1) is 16.1. The zero-order chi connectivity index (χ0) is 24.9. The zero-order valence-electron chi connectivity index (χ0n) is 18.6. The summed E-state index contributed by atoms with van der Waals surface area (Å²) in [4.78, 5) is 37.7. The minimum absolute atomic E-state index is 0.142. The van der Waals surface area contributed by atoms with Gasteiger partial charge in [0.1, 0.15) is 17.9 Å². The van der Waals surface area contributed by atoms with Crippen molar-refractivity contribution in [1.29, 1.82) is 5.26 Å². The van der Waals surface area contributed by atoms with Crippen LogP contribution in [0, 0.1) is 18.3 Å². The lowest BCUT2D eigenvalue weighted by atomic mass is 10.2. The summed E-state index contributed by atoms with van der Waals surface area (Å²) in [6.07, 6.45) is 3.05. The van der Waals surface area contributed by atoms with Crippen LogP contribution in [-0.4, -0.2) is 41.4 Å². The third-order valence-corrected chi connectivity index (χ3v) is 6.39. The van der Waals surface area contributed by atoms with Crippen molar-refractivity contribution in [3.05, 3.63) is 74.6 Å². The fourth-order valence-corrected chi connectivity index (χ4v) is 4.48. The van der Waals surface area contributed by atoms with Crippen molar-refractivity contribution in [2.24, 2.45) is 0 Å².